The van der Waals surface area contributed by atoms with E-state index in [0.29, 0.717) is 29.0 Å². The van der Waals surface area contributed by atoms with Crippen LogP contribution in [0.4, 0.5) is 11.4 Å². The molecule has 0 saturated carbocycles. The summed E-state index contributed by atoms with van der Waals surface area (Å²) in [4.78, 5) is 25.7. The summed E-state index contributed by atoms with van der Waals surface area (Å²) < 4.78 is 1.69. The van der Waals surface area contributed by atoms with Gasteiger partial charge in [0.2, 0.25) is 5.95 Å². The van der Waals surface area contributed by atoms with Crippen molar-refractivity contribution in [1.82, 2.24) is 24.4 Å². The Morgan fingerprint density at radius 3 is 2.75 bits per heavy atom. The van der Waals surface area contributed by atoms with Gasteiger partial charge in [-0.3, -0.25) is 14.7 Å². The molecule has 3 rings (SSSR count). The van der Waals surface area contributed by atoms with Crippen LogP contribution in [-0.4, -0.2) is 50.0 Å². The van der Waals surface area contributed by atoms with Crippen molar-refractivity contribution in [2.75, 3.05) is 26.4 Å². The van der Waals surface area contributed by atoms with Crippen molar-refractivity contribution in [3.05, 3.63) is 46.7 Å². The van der Waals surface area contributed by atoms with Gasteiger partial charge >= 0.3 is 0 Å². The number of nitrogens with zero attached hydrogens (tertiary/aromatic N) is 6. The van der Waals surface area contributed by atoms with Crippen molar-refractivity contribution < 1.29 is 4.92 Å². The SMILES string of the molecule is CN(C)CCc1nc(-n2ccnc2)nc2ccc([N+](=O)[O-])c(N)c12. The van der Waals surface area contributed by atoms with Gasteiger partial charge in [0.05, 0.1) is 21.5 Å². The maximum Gasteiger partial charge on any atom is 0.292 e. The Hall–Kier alpha value is -3.07. The quantitative estimate of drug-likeness (QED) is 0.428. The van der Waals surface area contributed by atoms with E-state index >= 15 is 0 Å². The average Bonchev–Trinajstić information content (AvgIpc) is 3.06. The van der Waals surface area contributed by atoms with Crippen LogP contribution in [0.25, 0.3) is 16.9 Å². The number of nitrogen functional groups attached to an aromatic ring is 1. The molecule has 9 heteroatoms. The molecule has 0 amide bonds. The van der Waals surface area contributed by atoms with Crippen LogP contribution in [0.5, 0.6) is 0 Å². The number of benzene rings is 1. The van der Waals surface area contributed by atoms with Crippen LogP contribution in [-0.2, 0) is 6.42 Å². The molecule has 2 aromatic heterocycles. The van der Waals surface area contributed by atoms with E-state index in [0.717, 1.165) is 6.54 Å². The third-order valence-corrected chi connectivity index (χ3v) is 3.67. The number of nitro groups is 1. The summed E-state index contributed by atoms with van der Waals surface area (Å²) in [5.74, 6) is 0.460. The largest absolute Gasteiger partial charge is 0.393 e. The van der Waals surface area contributed by atoms with Gasteiger partial charge in [-0.15, -0.1) is 0 Å². The molecule has 2 heterocycles. The minimum Gasteiger partial charge on any atom is -0.393 e. The zero-order valence-electron chi connectivity index (χ0n) is 13.4. The molecule has 0 atom stereocenters. The predicted octanol–water partition coefficient (Wildman–Crippen LogP) is 1.41. The van der Waals surface area contributed by atoms with E-state index in [1.807, 2.05) is 19.0 Å². The van der Waals surface area contributed by atoms with Gasteiger partial charge in [-0.1, -0.05) is 0 Å². The van der Waals surface area contributed by atoms with Crippen LogP contribution in [0.2, 0.25) is 0 Å². The Kier molecular flexibility index (Phi) is 4.09. The highest BCUT2D eigenvalue weighted by Gasteiger charge is 2.19. The second kappa shape index (κ2) is 6.20. The number of aromatic nitrogens is 4. The molecule has 24 heavy (non-hydrogen) atoms. The number of fused-ring (bicyclic) bond motifs is 1. The normalized spacial score (nSPS) is 11.3. The molecule has 3 aromatic rings. The molecular formula is C15H17N7O2. The van der Waals surface area contributed by atoms with Crippen molar-refractivity contribution in [2.45, 2.75) is 6.42 Å². The summed E-state index contributed by atoms with van der Waals surface area (Å²) >= 11 is 0. The maximum absolute atomic E-state index is 11.2. The zero-order chi connectivity index (χ0) is 17.3. The van der Waals surface area contributed by atoms with Crippen molar-refractivity contribution in [3.63, 3.8) is 0 Å². The highest BCUT2D eigenvalue weighted by atomic mass is 16.6. The minimum atomic E-state index is -0.492. The lowest BCUT2D eigenvalue weighted by atomic mass is 10.1. The first-order valence-corrected chi connectivity index (χ1v) is 7.34. The van der Waals surface area contributed by atoms with Crippen LogP contribution in [0.3, 0.4) is 0 Å². The fourth-order valence-electron chi connectivity index (χ4n) is 2.47. The first-order valence-electron chi connectivity index (χ1n) is 7.34. The van der Waals surface area contributed by atoms with Crippen LogP contribution < -0.4 is 5.73 Å². The lowest BCUT2D eigenvalue weighted by Crippen LogP contribution is -2.17. The van der Waals surface area contributed by atoms with Crippen LogP contribution in [0, 0.1) is 10.1 Å². The molecule has 0 spiro atoms. The Bertz CT molecular complexity index is 890. The van der Waals surface area contributed by atoms with Crippen molar-refractivity contribution in [1.29, 1.82) is 0 Å². The van der Waals surface area contributed by atoms with Crippen molar-refractivity contribution in [2.24, 2.45) is 0 Å². The predicted molar refractivity (Wildman–Crippen MR) is 90.0 cm³/mol. The molecule has 0 aliphatic carbocycles. The van der Waals surface area contributed by atoms with E-state index in [9.17, 15) is 10.1 Å². The maximum atomic E-state index is 11.2. The van der Waals surface area contributed by atoms with E-state index in [4.69, 9.17) is 5.73 Å². The average molecular weight is 327 g/mol. The van der Waals surface area contributed by atoms with Crippen LogP contribution in [0.15, 0.2) is 30.9 Å². The first kappa shape index (κ1) is 15.8. The monoisotopic (exact) mass is 327 g/mol. The van der Waals surface area contributed by atoms with Gasteiger partial charge in [0.25, 0.3) is 5.69 Å². The van der Waals surface area contributed by atoms with Gasteiger partial charge < -0.3 is 10.6 Å². The zero-order valence-corrected chi connectivity index (χ0v) is 13.4. The van der Waals surface area contributed by atoms with Crippen LogP contribution >= 0.6 is 0 Å². The van der Waals surface area contributed by atoms with Crippen LogP contribution in [0.1, 0.15) is 5.69 Å². The lowest BCUT2D eigenvalue weighted by Gasteiger charge is -2.13. The topological polar surface area (TPSA) is 116 Å². The summed E-state index contributed by atoms with van der Waals surface area (Å²) in [6, 6.07) is 2.98. The Morgan fingerprint density at radius 1 is 1.33 bits per heavy atom. The molecule has 0 fully saturated rings. The molecule has 124 valence electrons. The van der Waals surface area contributed by atoms with Gasteiger partial charge in [0, 0.05) is 31.4 Å². The molecule has 0 aliphatic heterocycles. The number of hydrogen-bond acceptors (Lipinski definition) is 7. The number of imidazole rings is 1. The molecule has 9 nitrogen and oxygen atoms in total. The van der Waals surface area contributed by atoms with Gasteiger partial charge in [-0.25, -0.2) is 15.0 Å². The molecule has 0 radical (unpaired) electrons. The van der Waals surface area contributed by atoms with Gasteiger partial charge in [0.1, 0.15) is 12.0 Å². The Balaban J connectivity index is 2.23. The summed E-state index contributed by atoms with van der Waals surface area (Å²) in [5, 5.41) is 11.7. The van der Waals surface area contributed by atoms with E-state index in [-0.39, 0.29) is 11.4 Å². The van der Waals surface area contributed by atoms with E-state index in [1.54, 1.807) is 29.4 Å². The number of nitro benzene ring substituents is 1. The Labute approximate surface area is 137 Å². The summed E-state index contributed by atoms with van der Waals surface area (Å²) in [6.45, 7) is 0.734. The van der Waals surface area contributed by atoms with Crippen molar-refractivity contribution in [3.8, 4) is 5.95 Å². The number of hydrogen-bond donors (Lipinski definition) is 1. The molecule has 0 bridgehead atoms. The summed E-state index contributed by atoms with van der Waals surface area (Å²) in [6.07, 6.45) is 5.58. The number of likely N-dealkylation sites (N-methyl/N-ethyl adjacent to an activating group) is 1. The third kappa shape index (κ3) is 2.88. The van der Waals surface area contributed by atoms with E-state index in [2.05, 4.69) is 15.0 Å². The standard InChI is InChI=1S/C15H17N7O2/c1-20(2)7-5-11-13-10(3-4-12(14(13)16)22(23)24)18-15(19-11)21-8-6-17-9-21/h3-4,6,8-9H,5,7,16H2,1-2H3. The highest BCUT2D eigenvalue weighted by Crippen LogP contribution is 2.32. The fraction of sp³-hybridized carbons (Fsp3) is 0.267. The Morgan fingerprint density at radius 2 is 2.12 bits per heavy atom. The highest BCUT2D eigenvalue weighted by molar-refractivity contribution is 5.97. The summed E-state index contributed by atoms with van der Waals surface area (Å²) in [5.41, 5.74) is 7.26. The number of rotatable bonds is 5. The fourth-order valence-corrected chi connectivity index (χ4v) is 2.47. The molecule has 0 aliphatic rings. The molecule has 0 unspecified atom stereocenters. The van der Waals surface area contributed by atoms with Crippen molar-refractivity contribution >= 4 is 22.3 Å². The second-order valence-electron chi connectivity index (χ2n) is 5.64. The molecular weight excluding hydrogens is 310 g/mol. The van der Waals surface area contributed by atoms with E-state index < -0.39 is 4.92 Å². The van der Waals surface area contributed by atoms with Gasteiger partial charge in [0.15, 0.2) is 0 Å². The van der Waals surface area contributed by atoms with Gasteiger partial charge in [-0.2, -0.15) is 0 Å². The number of anilines is 1. The molecule has 0 saturated heterocycles. The first-order chi connectivity index (χ1) is 11.5. The molecule has 2 N–H and O–H groups in total. The number of nitrogens with two attached hydrogens (primary N) is 1. The van der Waals surface area contributed by atoms with E-state index in [1.165, 1.54) is 6.07 Å². The summed E-state index contributed by atoms with van der Waals surface area (Å²) in [7, 11) is 3.90. The third-order valence-electron chi connectivity index (χ3n) is 3.67. The van der Waals surface area contributed by atoms with Gasteiger partial charge in [-0.05, 0) is 20.2 Å². The minimum absolute atomic E-state index is 0.100. The molecule has 1 aromatic carbocycles. The smallest absolute Gasteiger partial charge is 0.292 e. The lowest BCUT2D eigenvalue weighted by molar-refractivity contribution is -0.383. The second-order valence-corrected chi connectivity index (χ2v) is 5.64.